The Kier molecular flexibility index (Phi) is 6.71. The predicted molar refractivity (Wildman–Crippen MR) is 91.5 cm³/mol. The molecular weight excluding hydrogens is 272 g/mol. The molecule has 116 valence electrons. The Morgan fingerprint density at radius 2 is 1.50 bits per heavy atom. The van der Waals surface area contributed by atoms with Crippen molar-refractivity contribution in [3.05, 3.63) is 70.8 Å². The molecule has 0 atom stereocenters. The molecule has 2 aromatic rings. The van der Waals surface area contributed by atoms with Gasteiger partial charge in [0.15, 0.2) is 11.6 Å². The van der Waals surface area contributed by atoms with E-state index in [2.05, 4.69) is 0 Å². The molecule has 0 aliphatic rings. The van der Waals surface area contributed by atoms with E-state index >= 15 is 0 Å². The van der Waals surface area contributed by atoms with Gasteiger partial charge in [0, 0.05) is 17.0 Å². The quantitative estimate of drug-likeness (QED) is 0.744. The molecule has 0 radical (unpaired) electrons. The molecule has 0 aliphatic heterocycles. The summed E-state index contributed by atoms with van der Waals surface area (Å²) in [4.78, 5) is 22.3. The molecule has 0 spiro atoms. The van der Waals surface area contributed by atoms with Gasteiger partial charge < -0.3 is 0 Å². The van der Waals surface area contributed by atoms with E-state index in [-0.39, 0.29) is 17.5 Å². The van der Waals surface area contributed by atoms with Gasteiger partial charge in [-0.15, -0.1) is 0 Å². The van der Waals surface area contributed by atoms with Gasteiger partial charge in [-0.25, -0.2) is 0 Å². The standard InChI is InChI=1S/2C10H12O/c1-7-4-5-10(9(3)11)8(2)6-7;1-8(2)10(11)9-6-4-3-5-7-9/h4-6H,1-3H3;3-8H,1-2H3. The maximum Gasteiger partial charge on any atom is 0.165 e. The molecule has 22 heavy (non-hydrogen) atoms. The Balaban J connectivity index is 0.000000220. The number of carbonyl (C=O) groups is 2. The van der Waals surface area contributed by atoms with Crippen LogP contribution in [-0.2, 0) is 0 Å². The van der Waals surface area contributed by atoms with Crippen LogP contribution in [0, 0.1) is 19.8 Å². The second-order valence-corrected chi connectivity index (χ2v) is 5.76. The highest BCUT2D eigenvalue weighted by Gasteiger charge is 2.08. The monoisotopic (exact) mass is 296 g/mol. The SMILES string of the molecule is CC(=O)c1ccc(C)cc1C.CC(C)C(=O)c1ccccc1. The molecule has 2 nitrogen and oxygen atoms in total. The lowest BCUT2D eigenvalue weighted by atomic mass is 10.0. The average molecular weight is 296 g/mol. The molecule has 0 saturated carbocycles. The molecule has 2 rings (SSSR count). The Bertz CT molecular complexity index is 640. The lowest BCUT2D eigenvalue weighted by molar-refractivity contribution is 0.0938. The van der Waals surface area contributed by atoms with Crippen LogP contribution in [-0.4, -0.2) is 11.6 Å². The van der Waals surface area contributed by atoms with Crippen LogP contribution in [0.15, 0.2) is 48.5 Å². The highest BCUT2D eigenvalue weighted by Crippen LogP contribution is 2.10. The van der Waals surface area contributed by atoms with Gasteiger partial charge in [0.2, 0.25) is 0 Å². The van der Waals surface area contributed by atoms with Gasteiger partial charge in [0.1, 0.15) is 0 Å². The summed E-state index contributed by atoms with van der Waals surface area (Å²) in [5, 5.41) is 0. The van der Waals surface area contributed by atoms with Gasteiger partial charge in [-0.05, 0) is 26.3 Å². The Morgan fingerprint density at radius 3 is 1.95 bits per heavy atom. The number of aryl methyl sites for hydroxylation is 2. The third kappa shape index (κ3) is 5.28. The lowest BCUT2D eigenvalue weighted by Gasteiger charge is -2.01. The van der Waals surface area contributed by atoms with Crippen molar-refractivity contribution < 1.29 is 9.59 Å². The summed E-state index contributed by atoms with van der Waals surface area (Å²) in [6.07, 6.45) is 0. The first-order valence-electron chi connectivity index (χ1n) is 7.50. The van der Waals surface area contributed by atoms with Crippen molar-refractivity contribution in [1.82, 2.24) is 0 Å². The first kappa shape index (κ1) is 17.8. The van der Waals surface area contributed by atoms with Crippen LogP contribution in [0.25, 0.3) is 0 Å². The van der Waals surface area contributed by atoms with E-state index in [0.29, 0.717) is 0 Å². The van der Waals surface area contributed by atoms with Crippen molar-refractivity contribution in [2.24, 2.45) is 5.92 Å². The van der Waals surface area contributed by atoms with Crippen LogP contribution in [0.4, 0.5) is 0 Å². The minimum atomic E-state index is 0.0948. The van der Waals surface area contributed by atoms with E-state index < -0.39 is 0 Å². The zero-order chi connectivity index (χ0) is 16.7. The normalized spacial score (nSPS) is 9.91. The summed E-state index contributed by atoms with van der Waals surface area (Å²) in [7, 11) is 0. The number of Topliss-reactive ketones (excluding diaryl/α,β-unsaturated/α-hetero) is 2. The molecule has 0 fully saturated rings. The Hall–Kier alpha value is -2.22. The number of benzene rings is 2. The van der Waals surface area contributed by atoms with Gasteiger partial charge in [-0.2, -0.15) is 0 Å². The van der Waals surface area contributed by atoms with Crippen molar-refractivity contribution in [3.8, 4) is 0 Å². The minimum Gasteiger partial charge on any atom is -0.295 e. The van der Waals surface area contributed by atoms with Crippen LogP contribution >= 0.6 is 0 Å². The minimum absolute atomic E-state index is 0.0948. The van der Waals surface area contributed by atoms with E-state index in [1.54, 1.807) is 6.92 Å². The van der Waals surface area contributed by atoms with Gasteiger partial charge in [-0.3, -0.25) is 9.59 Å². The molecule has 0 unspecified atom stereocenters. The third-order valence-electron chi connectivity index (χ3n) is 3.34. The van der Waals surface area contributed by atoms with Crippen LogP contribution < -0.4 is 0 Å². The number of rotatable bonds is 3. The van der Waals surface area contributed by atoms with E-state index in [0.717, 1.165) is 16.7 Å². The molecule has 0 bridgehead atoms. The second-order valence-electron chi connectivity index (χ2n) is 5.76. The van der Waals surface area contributed by atoms with Crippen LogP contribution in [0.3, 0.4) is 0 Å². The fraction of sp³-hybridized carbons (Fsp3) is 0.300. The predicted octanol–water partition coefficient (Wildman–Crippen LogP) is 5.03. The summed E-state index contributed by atoms with van der Waals surface area (Å²) in [5.74, 6) is 0.450. The summed E-state index contributed by atoms with van der Waals surface area (Å²) >= 11 is 0. The van der Waals surface area contributed by atoms with Gasteiger partial charge in [0.25, 0.3) is 0 Å². The Morgan fingerprint density at radius 1 is 0.909 bits per heavy atom. The summed E-state index contributed by atoms with van der Waals surface area (Å²) in [6, 6.07) is 15.3. The maximum atomic E-state index is 11.3. The summed E-state index contributed by atoms with van der Waals surface area (Å²) in [5.41, 5.74) is 3.91. The topological polar surface area (TPSA) is 34.1 Å². The molecular formula is C20H24O2. The van der Waals surface area contributed by atoms with Crippen LogP contribution in [0.5, 0.6) is 0 Å². The van der Waals surface area contributed by atoms with Crippen molar-refractivity contribution in [1.29, 1.82) is 0 Å². The number of hydrogen-bond donors (Lipinski definition) is 0. The zero-order valence-corrected chi connectivity index (χ0v) is 14.0. The lowest BCUT2D eigenvalue weighted by Crippen LogP contribution is -2.06. The molecule has 0 aliphatic carbocycles. The fourth-order valence-corrected chi connectivity index (χ4v) is 2.14. The molecule has 0 amide bonds. The second kappa shape index (κ2) is 8.28. The molecule has 0 aromatic heterocycles. The summed E-state index contributed by atoms with van der Waals surface area (Å²) in [6.45, 7) is 9.41. The maximum absolute atomic E-state index is 11.3. The first-order chi connectivity index (χ1) is 10.3. The van der Waals surface area contributed by atoms with Crippen molar-refractivity contribution in [2.75, 3.05) is 0 Å². The van der Waals surface area contributed by atoms with Crippen LogP contribution in [0.2, 0.25) is 0 Å². The largest absolute Gasteiger partial charge is 0.295 e. The first-order valence-corrected chi connectivity index (χ1v) is 7.50. The Labute approximate surface area is 133 Å². The van der Waals surface area contributed by atoms with Gasteiger partial charge in [0.05, 0.1) is 0 Å². The molecule has 0 N–H and O–H groups in total. The third-order valence-corrected chi connectivity index (χ3v) is 3.34. The molecule has 0 saturated heterocycles. The number of carbonyl (C=O) groups excluding carboxylic acids is 2. The van der Waals surface area contributed by atoms with Crippen LogP contribution in [0.1, 0.15) is 52.6 Å². The van der Waals surface area contributed by atoms with Crippen molar-refractivity contribution in [2.45, 2.75) is 34.6 Å². The highest BCUT2D eigenvalue weighted by atomic mass is 16.1. The van der Waals surface area contributed by atoms with Crippen molar-refractivity contribution in [3.63, 3.8) is 0 Å². The molecule has 2 heteroatoms. The number of hydrogen-bond acceptors (Lipinski definition) is 2. The average Bonchev–Trinajstić information content (AvgIpc) is 2.47. The fourth-order valence-electron chi connectivity index (χ4n) is 2.14. The van der Waals surface area contributed by atoms with E-state index in [9.17, 15) is 9.59 Å². The zero-order valence-electron chi connectivity index (χ0n) is 14.0. The smallest absolute Gasteiger partial charge is 0.165 e. The van der Waals surface area contributed by atoms with E-state index in [1.165, 1.54) is 5.56 Å². The van der Waals surface area contributed by atoms with E-state index in [4.69, 9.17) is 0 Å². The van der Waals surface area contributed by atoms with Crippen molar-refractivity contribution >= 4 is 11.6 Å². The molecule has 2 aromatic carbocycles. The molecule has 0 heterocycles. The highest BCUT2D eigenvalue weighted by molar-refractivity contribution is 5.97. The van der Waals surface area contributed by atoms with E-state index in [1.807, 2.05) is 76.2 Å². The van der Waals surface area contributed by atoms with Gasteiger partial charge in [-0.1, -0.05) is 67.9 Å². The number of ketones is 2. The van der Waals surface area contributed by atoms with Gasteiger partial charge >= 0.3 is 0 Å². The summed E-state index contributed by atoms with van der Waals surface area (Å²) < 4.78 is 0.